The van der Waals surface area contributed by atoms with Gasteiger partial charge >= 0.3 is 0 Å². The highest BCUT2D eigenvalue weighted by Crippen LogP contribution is 2.33. The van der Waals surface area contributed by atoms with Crippen molar-refractivity contribution in [3.63, 3.8) is 0 Å². The van der Waals surface area contributed by atoms with Crippen molar-refractivity contribution in [2.24, 2.45) is 0 Å². The number of hydrogen-bond donors (Lipinski definition) is 1. The summed E-state index contributed by atoms with van der Waals surface area (Å²) in [6, 6.07) is 23.6. The summed E-state index contributed by atoms with van der Waals surface area (Å²) in [6.07, 6.45) is 0.753. The van der Waals surface area contributed by atoms with E-state index in [-0.39, 0.29) is 5.91 Å². The molecule has 0 atom stereocenters. The minimum atomic E-state index is -0.179. The summed E-state index contributed by atoms with van der Waals surface area (Å²) in [5.41, 5.74) is 6.12. The molecule has 0 bridgehead atoms. The van der Waals surface area contributed by atoms with E-state index in [1.54, 1.807) is 18.9 Å². The number of carbonyl (C=O) groups is 1. The second-order valence-electron chi connectivity index (χ2n) is 8.17. The van der Waals surface area contributed by atoms with E-state index in [1.807, 2.05) is 68.4 Å². The molecule has 0 unspecified atom stereocenters. The third-order valence-corrected chi connectivity index (χ3v) is 5.75. The van der Waals surface area contributed by atoms with Crippen molar-refractivity contribution in [2.45, 2.75) is 20.3 Å². The number of rotatable bonds is 8. The van der Waals surface area contributed by atoms with Crippen molar-refractivity contribution in [2.75, 3.05) is 20.8 Å². The number of aryl methyl sites for hydroxylation is 2. The molecule has 174 valence electrons. The Kier molecular flexibility index (Phi) is 6.97. The molecule has 0 radical (unpaired) electrons. The Morgan fingerprint density at radius 1 is 0.941 bits per heavy atom. The van der Waals surface area contributed by atoms with Crippen molar-refractivity contribution in [1.29, 1.82) is 0 Å². The average Bonchev–Trinajstić information content (AvgIpc) is 3.29. The Bertz CT molecular complexity index is 1300. The average molecular weight is 456 g/mol. The molecule has 0 aliphatic carbocycles. The van der Waals surface area contributed by atoms with E-state index in [4.69, 9.17) is 14.6 Å². The largest absolute Gasteiger partial charge is 0.497 e. The van der Waals surface area contributed by atoms with Gasteiger partial charge in [-0.25, -0.2) is 4.68 Å². The van der Waals surface area contributed by atoms with E-state index < -0.39 is 0 Å². The molecule has 0 spiro atoms. The van der Waals surface area contributed by atoms with Crippen LogP contribution in [-0.2, 0) is 6.42 Å². The lowest BCUT2D eigenvalue weighted by Gasteiger charge is -2.11. The normalized spacial score (nSPS) is 10.7. The molecule has 0 saturated carbocycles. The quantitative estimate of drug-likeness (QED) is 0.399. The molecule has 34 heavy (non-hydrogen) atoms. The summed E-state index contributed by atoms with van der Waals surface area (Å²) < 4.78 is 12.6. The maximum Gasteiger partial charge on any atom is 0.270 e. The summed E-state index contributed by atoms with van der Waals surface area (Å²) in [4.78, 5) is 13.3. The number of nitrogens with one attached hydrogen (secondary N) is 1. The highest BCUT2D eigenvalue weighted by molar-refractivity contribution is 5.94. The number of methoxy groups -OCH3 is 2. The van der Waals surface area contributed by atoms with Gasteiger partial charge in [-0.15, -0.1) is 0 Å². The molecule has 1 N–H and O–H groups in total. The van der Waals surface area contributed by atoms with E-state index in [0.717, 1.165) is 28.8 Å². The predicted octanol–water partition coefficient (Wildman–Crippen LogP) is 5.15. The Balaban J connectivity index is 1.71. The highest BCUT2D eigenvalue weighted by Gasteiger charge is 2.20. The third-order valence-electron chi connectivity index (χ3n) is 5.75. The van der Waals surface area contributed by atoms with Gasteiger partial charge in [0, 0.05) is 18.2 Å². The first kappa shape index (κ1) is 23.1. The van der Waals surface area contributed by atoms with Crippen LogP contribution >= 0.6 is 0 Å². The van der Waals surface area contributed by atoms with Crippen LogP contribution in [0, 0.1) is 13.8 Å². The SMILES string of the molecule is COc1ccc(-c2cc(C(=O)NCCc3ccccc3)n(-c3ccc(C)cc3C)n2)c(OC)c1. The zero-order valence-corrected chi connectivity index (χ0v) is 20.0. The van der Waals surface area contributed by atoms with E-state index in [9.17, 15) is 4.79 Å². The number of carbonyl (C=O) groups excluding carboxylic acids is 1. The molecule has 3 aromatic carbocycles. The van der Waals surface area contributed by atoms with Crippen molar-refractivity contribution in [1.82, 2.24) is 15.1 Å². The fraction of sp³-hybridized carbons (Fsp3) is 0.214. The third kappa shape index (κ3) is 4.96. The van der Waals surface area contributed by atoms with Crippen LogP contribution in [0.2, 0.25) is 0 Å². The molecule has 0 fully saturated rings. The highest BCUT2D eigenvalue weighted by atomic mass is 16.5. The van der Waals surface area contributed by atoms with Crippen LogP contribution in [0.4, 0.5) is 0 Å². The fourth-order valence-electron chi connectivity index (χ4n) is 3.97. The van der Waals surface area contributed by atoms with Crippen molar-refractivity contribution >= 4 is 5.91 Å². The van der Waals surface area contributed by atoms with Gasteiger partial charge in [0.15, 0.2) is 0 Å². The van der Waals surface area contributed by atoms with E-state index in [1.165, 1.54) is 5.56 Å². The Hall–Kier alpha value is -4.06. The van der Waals surface area contributed by atoms with Gasteiger partial charge in [0.25, 0.3) is 5.91 Å². The standard InChI is InChI=1S/C28H29N3O3/c1-19-10-13-25(20(2)16-19)31-26(28(32)29-15-14-21-8-6-5-7-9-21)18-24(30-31)23-12-11-22(33-3)17-27(23)34-4/h5-13,16-18H,14-15H2,1-4H3,(H,29,32). The maximum atomic E-state index is 13.3. The smallest absolute Gasteiger partial charge is 0.270 e. The number of hydrogen-bond acceptors (Lipinski definition) is 4. The van der Waals surface area contributed by atoms with Gasteiger partial charge in [-0.05, 0) is 55.7 Å². The number of nitrogens with zero attached hydrogens (tertiary/aromatic N) is 2. The lowest BCUT2D eigenvalue weighted by atomic mass is 10.1. The Labute approximate surface area is 200 Å². The zero-order valence-electron chi connectivity index (χ0n) is 20.0. The first-order chi connectivity index (χ1) is 16.5. The van der Waals surface area contributed by atoms with Crippen LogP contribution < -0.4 is 14.8 Å². The molecule has 0 aliphatic rings. The van der Waals surface area contributed by atoms with Crippen LogP contribution in [0.25, 0.3) is 16.9 Å². The molecule has 0 saturated heterocycles. The molecule has 6 heteroatoms. The maximum absolute atomic E-state index is 13.3. The Morgan fingerprint density at radius 3 is 2.44 bits per heavy atom. The van der Waals surface area contributed by atoms with Gasteiger partial charge in [-0.1, -0.05) is 48.0 Å². The number of aromatic nitrogens is 2. The zero-order chi connectivity index (χ0) is 24.1. The molecule has 4 aromatic rings. The molecule has 0 aliphatic heterocycles. The lowest BCUT2D eigenvalue weighted by molar-refractivity contribution is 0.0946. The lowest BCUT2D eigenvalue weighted by Crippen LogP contribution is -2.28. The predicted molar refractivity (Wildman–Crippen MR) is 134 cm³/mol. The van der Waals surface area contributed by atoms with E-state index in [0.29, 0.717) is 29.4 Å². The van der Waals surface area contributed by atoms with Crippen molar-refractivity contribution in [3.8, 4) is 28.4 Å². The van der Waals surface area contributed by atoms with Crippen LogP contribution in [0.15, 0.2) is 72.8 Å². The monoisotopic (exact) mass is 455 g/mol. The molecule has 1 heterocycles. The summed E-state index contributed by atoms with van der Waals surface area (Å²) >= 11 is 0. The van der Waals surface area contributed by atoms with Gasteiger partial charge in [0.05, 0.1) is 25.6 Å². The van der Waals surface area contributed by atoms with Gasteiger partial charge in [-0.3, -0.25) is 4.79 Å². The molecular formula is C28H29N3O3. The van der Waals surface area contributed by atoms with Gasteiger partial charge < -0.3 is 14.8 Å². The summed E-state index contributed by atoms with van der Waals surface area (Å²) in [7, 11) is 3.22. The van der Waals surface area contributed by atoms with Crippen molar-refractivity contribution < 1.29 is 14.3 Å². The second-order valence-corrected chi connectivity index (χ2v) is 8.17. The fourth-order valence-corrected chi connectivity index (χ4v) is 3.97. The van der Waals surface area contributed by atoms with Gasteiger partial charge in [-0.2, -0.15) is 5.10 Å². The number of ether oxygens (including phenoxy) is 2. The first-order valence-corrected chi connectivity index (χ1v) is 11.2. The number of benzene rings is 3. The topological polar surface area (TPSA) is 65.4 Å². The van der Waals surface area contributed by atoms with E-state index >= 15 is 0 Å². The second kappa shape index (κ2) is 10.3. The van der Waals surface area contributed by atoms with Crippen LogP contribution in [0.3, 0.4) is 0 Å². The molecule has 1 amide bonds. The van der Waals surface area contributed by atoms with Crippen LogP contribution in [0.1, 0.15) is 27.2 Å². The van der Waals surface area contributed by atoms with Crippen molar-refractivity contribution in [3.05, 3.63) is 95.2 Å². The molecule has 6 nitrogen and oxygen atoms in total. The summed E-state index contributed by atoms with van der Waals surface area (Å²) in [6.45, 7) is 4.60. The van der Waals surface area contributed by atoms with E-state index in [2.05, 4.69) is 23.5 Å². The number of amides is 1. The summed E-state index contributed by atoms with van der Waals surface area (Å²) in [5, 5.41) is 7.88. The molecule has 1 aromatic heterocycles. The summed E-state index contributed by atoms with van der Waals surface area (Å²) in [5.74, 6) is 1.14. The molecule has 4 rings (SSSR count). The minimum Gasteiger partial charge on any atom is -0.497 e. The van der Waals surface area contributed by atoms with Gasteiger partial charge in [0.1, 0.15) is 17.2 Å². The van der Waals surface area contributed by atoms with Crippen LogP contribution in [-0.4, -0.2) is 36.5 Å². The van der Waals surface area contributed by atoms with Crippen LogP contribution in [0.5, 0.6) is 11.5 Å². The van der Waals surface area contributed by atoms with Gasteiger partial charge in [0.2, 0.25) is 0 Å². The first-order valence-electron chi connectivity index (χ1n) is 11.2. The molecular weight excluding hydrogens is 426 g/mol. The Morgan fingerprint density at radius 2 is 1.74 bits per heavy atom. The minimum absolute atomic E-state index is 0.179.